The molecule has 0 aliphatic carbocycles. The Bertz CT molecular complexity index is 645. The maximum absolute atomic E-state index is 12.7. The second-order valence-electron chi connectivity index (χ2n) is 7.45. The summed E-state index contributed by atoms with van der Waals surface area (Å²) in [5, 5.41) is 0. The zero-order valence-corrected chi connectivity index (χ0v) is 16.1. The van der Waals surface area contributed by atoms with Gasteiger partial charge in [-0.05, 0) is 37.0 Å². The molecule has 2 aliphatic rings. The molecule has 1 aromatic carbocycles. The standard InChI is InChI=1S/C20H27F3N2O3/c1-27-14-19(26)25(17-7-10-28-11-8-17)18-6-9-24(13-18)12-15-2-4-16(5-3-15)20(21,22)23/h2-5,17-18H,6-14H2,1H3. The van der Waals surface area contributed by atoms with Crippen LogP contribution in [-0.4, -0.2) is 67.8 Å². The molecule has 0 radical (unpaired) electrons. The Balaban J connectivity index is 1.62. The van der Waals surface area contributed by atoms with Gasteiger partial charge in [-0.3, -0.25) is 9.69 Å². The SMILES string of the molecule is COCC(=O)N(C1CCOCC1)C1CCN(Cc2ccc(C(F)(F)F)cc2)C1. The molecule has 2 aliphatic heterocycles. The first-order valence-corrected chi connectivity index (χ1v) is 9.65. The monoisotopic (exact) mass is 400 g/mol. The Hall–Kier alpha value is -1.64. The fourth-order valence-corrected chi connectivity index (χ4v) is 4.11. The lowest BCUT2D eigenvalue weighted by molar-refractivity contribution is -0.142. The first-order chi connectivity index (χ1) is 13.4. The van der Waals surface area contributed by atoms with E-state index in [-0.39, 0.29) is 24.6 Å². The molecular formula is C20H27F3N2O3. The van der Waals surface area contributed by atoms with Gasteiger partial charge in [-0.2, -0.15) is 13.2 Å². The maximum Gasteiger partial charge on any atom is 0.416 e. The summed E-state index contributed by atoms with van der Waals surface area (Å²) < 4.78 is 48.6. The van der Waals surface area contributed by atoms with Gasteiger partial charge in [0.2, 0.25) is 5.91 Å². The number of methoxy groups -OCH3 is 1. The first-order valence-electron chi connectivity index (χ1n) is 9.65. The lowest BCUT2D eigenvalue weighted by Gasteiger charge is -2.38. The van der Waals surface area contributed by atoms with Crippen molar-refractivity contribution in [2.45, 2.75) is 44.1 Å². The number of nitrogens with zero attached hydrogens (tertiary/aromatic N) is 2. The number of alkyl halides is 3. The highest BCUT2D eigenvalue weighted by molar-refractivity contribution is 5.78. The number of hydrogen-bond donors (Lipinski definition) is 0. The number of ether oxygens (including phenoxy) is 2. The van der Waals surface area contributed by atoms with Gasteiger partial charge in [-0.1, -0.05) is 12.1 Å². The third kappa shape index (κ3) is 5.24. The van der Waals surface area contributed by atoms with E-state index < -0.39 is 11.7 Å². The second kappa shape index (κ2) is 9.24. The first kappa shape index (κ1) is 21.1. The van der Waals surface area contributed by atoms with E-state index in [4.69, 9.17) is 9.47 Å². The van der Waals surface area contributed by atoms with Crippen molar-refractivity contribution in [2.75, 3.05) is 40.0 Å². The number of carbonyl (C=O) groups is 1. The number of benzene rings is 1. The normalized spacial score (nSPS) is 21.8. The van der Waals surface area contributed by atoms with Crippen molar-refractivity contribution in [3.8, 4) is 0 Å². The van der Waals surface area contributed by atoms with Crippen LogP contribution in [0.25, 0.3) is 0 Å². The van der Waals surface area contributed by atoms with Crippen molar-refractivity contribution in [3.63, 3.8) is 0 Å². The van der Waals surface area contributed by atoms with Gasteiger partial charge >= 0.3 is 6.18 Å². The number of rotatable bonds is 6. The van der Waals surface area contributed by atoms with Crippen molar-refractivity contribution in [1.29, 1.82) is 0 Å². The van der Waals surface area contributed by atoms with Crippen LogP contribution < -0.4 is 0 Å². The van der Waals surface area contributed by atoms with Crippen molar-refractivity contribution < 1.29 is 27.4 Å². The van der Waals surface area contributed by atoms with Crippen LogP contribution >= 0.6 is 0 Å². The number of hydrogen-bond acceptors (Lipinski definition) is 4. The topological polar surface area (TPSA) is 42.0 Å². The van der Waals surface area contributed by atoms with Crippen molar-refractivity contribution in [3.05, 3.63) is 35.4 Å². The highest BCUT2D eigenvalue weighted by atomic mass is 19.4. The zero-order chi connectivity index (χ0) is 20.1. The van der Waals surface area contributed by atoms with Gasteiger partial charge in [0, 0.05) is 52.0 Å². The number of likely N-dealkylation sites (tertiary alicyclic amines) is 1. The van der Waals surface area contributed by atoms with Gasteiger partial charge in [0.1, 0.15) is 6.61 Å². The minimum absolute atomic E-state index is 0.00391. The molecule has 0 spiro atoms. The van der Waals surface area contributed by atoms with Crippen LogP contribution in [0.5, 0.6) is 0 Å². The predicted molar refractivity (Wildman–Crippen MR) is 97.7 cm³/mol. The Morgan fingerprint density at radius 3 is 2.46 bits per heavy atom. The fraction of sp³-hybridized carbons (Fsp3) is 0.650. The van der Waals surface area contributed by atoms with Crippen LogP contribution in [0.15, 0.2) is 24.3 Å². The number of halogens is 3. The molecule has 0 bridgehead atoms. The minimum atomic E-state index is -4.32. The van der Waals surface area contributed by atoms with E-state index >= 15 is 0 Å². The van der Waals surface area contributed by atoms with Crippen LogP contribution in [0.3, 0.4) is 0 Å². The van der Waals surface area contributed by atoms with Gasteiger partial charge in [0.15, 0.2) is 0 Å². The van der Waals surface area contributed by atoms with E-state index in [1.165, 1.54) is 19.2 Å². The molecule has 2 fully saturated rings. The molecule has 156 valence electrons. The van der Waals surface area contributed by atoms with Gasteiger partial charge in [-0.15, -0.1) is 0 Å². The molecule has 0 N–H and O–H groups in total. The van der Waals surface area contributed by atoms with E-state index in [9.17, 15) is 18.0 Å². The minimum Gasteiger partial charge on any atom is -0.381 e. The third-order valence-corrected chi connectivity index (χ3v) is 5.47. The van der Waals surface area contributed by atoms with Crippen LogP contribution in [-0.2, 0) is 27.0 Å². The van der Waals surface area contributed by atoms with Crippen LogP contribution in [0, 0.1) is 0 Å². The summed E-state index contributed by atoms with van der Waals surface area (Å²) in [5.74, 6) is -0.00391. The zero-order valence-electron chi connectivity index (χ0n) is 16.1. The lowest BCUT2D eigenvalue weighted by Crippen LogP contribution is -2.51. The molecule has 1 amide bonds. The summed E-state index contributed by atoms with van der Waals surface area (Å²) in [5.41, 5.74) is 0.209. The average Bonchev–Trinajstić information content (AvgIpc) is 3.10. The summed E-state index contributed by atoms with van der Waals surface area (Å²) in [6.07, 6.45) is -1.81. The third-order valence-electron chi connectivity index (χ3n) is 5.47. The molecule has 5 nitrogen and oxygen atoms in total. The van der Waals surface area contributed by atoms with E-state index in [1.807, 2.05) is 4.90 Å². The summed E-state index contributed by atoms with van der Waals surface area (Å²) >= 11 is 0. The number of amides is 1. The van der Waals surface area contributed by atoms with Gasteiger partial charge in [-0.25, -0.2) is 0 Å². The molecule has 1 unspecified atom stereocenters. The molecule has 0 aromatic heterocycles. The molecule has 1 aromatic rings. The Labute approximate surface area is 163 Å². The van der Waals surface area contributed by atoms with Crippen molar-refractivity contribution >= 4 is 5.91 Å². The van der Waals surface area contributed by atoms with Gasteiger partial charge in [0.25, 0.3) is 0 Å². The van der Waals surface area contributed by atoms with Crippen molar-refractivity contribution in [1.82, 2.24) is 9.80 Å². The van der Waals surface area contributed by atoms with Gasteiger partial charge < -0.3 is 14.4 Å². The highest BCUT2D eigenvalue weighted by Gasteiger charge is 2.36. The molecule has 0 saturated carbocycles. The summed E-state index contributed by atoms with van der Waals surface area (Å²) in [6, 6.07) is 5.57. The second-order valence-corrected chi connectivity index (χ2v) is 7.45. The number of carbonyl (C=O) groups excluding carboxylic acids is 1. The Kier molecular flexibility index (Phi) is 6.95. The molecule has 3 rings (SSSR count). The molecule has 2 heterocycles. The molecule has 1 atom stereocenters. The maximum atomic E-state index is 12.7. The molecule has 2 saturated heterocycles. The Morgan fingerprint density at radius 1 is 1.18 bits per heavy atom. The molecule has 8 heteroatoms. The van der Waals surface area contributed by atoms with E-state index in [1.54, 1.807) is 0 Å². The Morgan fingerprint density at radius 2 is 1.86 bits per heavy atom. The van der Waals surface area contributed by atoms with Crippen LogP contribution in [0.1, 0.15) is 30.4 Å². The summed E-state index contributed by atoms with van der Waals surface area (Å²) in [4.78, 5) is 16.8. The van der Waals surface area contributed by atoms with E-state index in [0.717, 1.165) is 43.5 Å². The summed E-state index contributed by atoms with van der Waals surface area (Å²) in [7, 11) is 1.52. The smallest absolute Gasteiger partial charge is 0.381 e. The van der Waals surface area contributed by atoms with E-state index in [2.05, 4.69) is 4.90 Å². The molecular weight excluding hydrogens is 373 g/mol. The largest absolute Gasteiger partial charge is 0.416 e. The average molecular weight is 400 g/mol. The highest BCUT2D eigenvalue weighted by Crippen LogP contribution is 2.30. The fourth-order valence-electron chi connectivity index (χ4n) is 4.11. The van der Waals surface area contributed by atoms with Gasteiger partial charge in [0.05, 0.1) is 5.56 Å². The van der Waals surface area contributed by atoms with Crippen molar-refractivity contribution in [2.24, 2.45) is 0 Å². The summed E-state index contributed by atoms with van der Waals surface area (Å²) in [6.45, 7) is 3.48. The molecule has 28 heavy (non-hydrogen) atoms. The lowest BCUT2D eigenvalue weighted by atomic mass is 10.0. The van der Waals surface area contributed by atoms with Crippen LogP contribution in [0.4, 0.5) is 13.2 Å². The predicted octanol–water partition coefficient (Wildman–Crippen LogP) is 2.93. The van der Waals surface area contributed by atoms with E-state index in [0.29, 0.717) is 26.3 Å². The van der Waals surface area contributed by atoms with Crippen LogP contribution in [0.2, 0.25) is 0 Å². The quantitative estimate of drug-likeness (QED) is 0.737.